The first-order chi connectivity index (χ1) is 15.9. The number of rotatable bonds is 4. The predicted octanol–water partition coefficient (Wildman–Crippen LogP) is 5.45. The van der Waals surface area contributed by atoms with Gasteiger partial charge < -0.3 is 19.2 Å². The molecule has 1 spiro atoms. The summed E-state index contributed by atoms with van der Waals surface area (Å²) in [6, 6.07) is 9.96. The molecule has 7 heteroatoms. The van der Waals surface area contributed by atoms with Gasteiger partial charge in [-0.15, -0.1) is 0 Å². The average molecular weight is 447 g/mol. The smallest absolute Gasteiger partial charge is 0.338 e. The van der Waals surface area contributed by atoms with Crippen LogP contribution in [0.2, 0.25) is 0 Å². The summed E-state index contributed by atoms with van der Waals surface area (Å²) in [5, 5.41) is 3.42. The zero-order chi connectivity index (χ0) is 23.2. The molecule has 170 valence electrons. The molecule has 1 aliphatic carbocycles. The zero-order valence-electron chi connectivity index (χ0n) is 18.7. The monoisotopic (exact) mass is 447 g/mol. The van der Waals surface area contributed by atoms with Gasteiger partial charge in [-0.25, -0.2) is 4.79 Å². The Kier molecular flexibility index (Phi) is 5.19. The van der Waals surface area contributed by atoms with Crippen LogP contribution in [0.3, 0.4) is 0 Å². The largest absolute Gasteiger partial charge is 0.486 e. The van der Waals surface area contributed by atoms with Crippen LogP contribution in [0.25, 0.3) is 11.0 Å². The summed E-state index contributed by atoms with van der Waals surface area (Å²) in [5.74, 6) is -0.0978. The van der Waals surface area contributed by atoms with Gasteiger partial charge in [-0.1, -0.05) is 0 Å². The maximum Gasteiger partial charge on any atom is 0.338 e. The van der Waals surface area contributed by atoms with Crippen molar-refractivity contribution in [2.24, 2.45) is 0 Å². The van der Waals surface area contributed by atoms with E-state index >= 15 is 0 Å². The Morgan fingerprint density at radius 1 is 1.09 bits per heavy atom. The molecule has 0 radical (unpaired) electrons. The minimum absolute atomic E-state index is 0.0363. The number of carbonyl (C=O) groups excluding carboxylic acids is 3. The van der Waals surface area contributed by atoms with E-state index in [2.05, 4.69) is 5.32 Å². The Hall–Kier alpha value is -3.61. The number of hydrogen-bond acceptors (Lipinski definition) is 6. The van der Waals surface area contributed by atoms with Crippen molar-refractivity contribution in [1.29, 1.82) is 0 Å². The first kappa shape index (κ1) is 21.2. The van der Waals surface area contributed by atoms with Crippen LogP contribution in [0.1, 0.15) is 75.9 Å². The summed E-state index contributed by atoms with van der Waals surface area (Å²) in [6.45, 7) is 3.81. The molecule has 1 saturated carbocycles. The third kappa shape index (κ3) is 3.67. The Morgan fingerprint density at radius 3 is 2.52 bits per heavy atom. The molecule has 1 N–H and O–H groups in total. The highest BCUT2D eigenvalue weighted by Gasteiger charge is 2.43. The number of carbonyl (C=O) groups is 3. The molecule has 0 saturated heterocycles. The van der Waals surface area contributed by atoms with Crippen molar-refractivity contribution in [1.82, 2.24) is 0 Å². The number of furan rings is 1. The predicted molar refractivity (Wildman–Crippen MR) is 122 cm³/mol. The molecule has 2 aromatic carbocycles. The van der Waals surface area contributed by atoms with Gasteiger partial charge in [0, 0.05) is 16.6 Å². The zero-order valence-corrected chi connectivity index (χ0v) is 18.7. The van der Waals surface area contributed by atoms with E-state index in [0.29, 0.717) is 52.1 Å². The van der Waals surface area contributed by atoms with Gasteiger partial charge in [0.25, 0.3) is 5.91 Å². The molecular formula is C26H25NO6. The molecule has 0 bridgehead atoms. The fourth-order valence-electron chi connectivity index (χ4n) is 4.94. The van der Waals surface area contributed by atoms with Crippen LogP contribution in [0.15, 0.2) is 40.8 Å². The van der Waals surface area contributed by atoms with E-state index in [0.717, 1.165) is 25.7 Å². The lowest BCUT2D eigenvalue weighted by Gasteiger charge is -2.34. The maximum absolute atomic E-state index is 13.2. The molecule has 7 nitrogen and oxygen atoms in total. The van der Waals surface area contributed by atoms with Crippen LogP contribution in [0, 0.1) is 6.92 Å². The Bertz CT molecular complexity index is 1260. The molecule has 2 heterocycles. The molecule has 1 aliphatic heterocycles. The molecule has 1 aromatic heterocycles. The van der Waals surface area contributed by atoms with Gasteiger partial charge in [0.2, 0.25) is 0 Å². The lowest BCUT2D eigenvalue weighted by molar-refractivity contribution is 0.0453. The van der Waals surface area contributed by atoms with Gasteiger partial charge >= 0.3 is 5.97 Å². The number of benzene rings is 2. The lowest BCUT2D eigenvalue weighted by atomic mass is 9.87. The number of amides is 1. The van der Waals surface area contributed by atoms with Crippen molar-refractivity contribution in [3.05, 3.63) is 58.8 Å². The Balaban J connectivity index is 1.43. The van der Waals surface area contributed by atoms with E-state index in [1.54, 1.807) is 50.2 Å². The average Bonchev–Trinajstić information content (AvgIpc) is 3.38. The number of anilines is 1. The summed E-state index contributed by atoms with van der Waals surface area (Å²) >= 11 is 0. The lowest BCUT2D eigenvalue weighted by Crippen LogP contribution is -2.39. The van der Waals surface area contributed by atoms with Crippen molar-refractivity contribution in [3.8, 4) is 5.75 Å². The quantitative estimate of drug-likeness (QED) is 0.535. The van der Waals surface area contributed by atoms with Gasteiger partial charge in [-0.2, -0.15) is 0 Å². The van der Waals surface area contributed by atoms with E-state index in [9.17, 15) is 14.4 Å². The number of hydrogen-bond donors (Lipinski definition) is 1. The molecule has 33 heavy (non-hydrogen) atoms. The number of ketones is 1. The molecule has 1 amide bonds. The van der Waals surface area contributed by atoms with E-state index < -0.39 is 11.9 Å². The third-order valence-corrected chi connectivity index (χ3v) is 6.52. The molecule has 5 rings (SSSR count). The highest BCUT2D eigenvalue weighted by atomic mass is 16.5. The summed E-state index contributed by atoms with van der Waals surface area (Å²) < 4.78 is 17.2. The highest BCUT2D eigenvalue weighted by Crippen LogP contribution is 2.46. The number of nitrogens with one attached hydrogen (secondary N) is 1. The number of Topliss-reactive ketones (excluding diaryl/α,β-unsaturated/α-hetero) is 1. The van der Waals surface area contributed by atoms with E-state index in [-0.39, 0.29) is 17.1 Å². The minimum Gasteiger partial charge on any atom is -0.486 e. The van der Waals surface area contributed by atoms with Crippen molar-refractivity contribution >= 4 is 34.3 Å². The molecule has 3 aromatic rings. The van der Waals surface area contributed by atoms with Crippen LogP contribution in [-0.2, 0) is 4.74 Å². The third-order valence-electron chi connectivity index (χ3n) is 6.52. The maximum atomic E-state index is 13.2. The van der Waals surface area contributed by atoms with Crippen LogP contribution in [0.5, 0.6) is 5.75 Å². The number of esters is 1. The van der Waals surface area contributed by atoms with Crippen molar-refractivity contribution in [2.45, 2.75) is 51.6 Å². The van der Waals surface area contributed by atoms with Crippen LogP contribution < -0.4 is 10.1 Å². The molecule has 0 atom stereocenters. The normalized spacial score (nSPS) is 16.5. The van der Waals surface area contributed by atoms with E-state index in [4.69, 9.17) is 13.9 Å². The van der Waals surface area contributed by atoms with Crippen molar-refractivity contribution in [3.63, 3.8) is 0 Å². The van der Waals surface area contributed by atoms with Crippen molar-refractivity contribution < 1.29 is 28.3 Å². The molecule has 0 unspecified atom stereocenters. The number of fused-ring (bicyclic) bond motifs is 3. The number of aryl methyl sites for hydroxylation is 1. The SMILES string of the molecule is CCOC(=O)c1ccc(NC(=O)c2oc3ccc4c(c3c2C)C(=O)CC2(CCCC2)O4)cc1. The molecular weight excluding hydrogens is 422 g/mol. The van der Waals surface area contributed by atoms with E-state index in [1.165, 1.54) is 0 Å². The van der Waals surface area contributed by atoms with Crippen molar-refractivity contribution in [2.75, 3.05) is 11.9 Å². The van der Waals surface area contributed by atoms with Crippen LogP contribution >= 0.6 is 0 Å². The Morgan fingerprint density at radius 2 is 1.82 bits per heavy atom. The second kappa shape index (κ2) is 8.06. The minimum atomic E-state index is -0.433. The molecule has 1 fully saturated rings. The topological polar surface area (TPSA) is 94.8 Å². The van der Waals surface area contributed by atoms with Gasteiger partial charge in [-0.05, 0) is 75.9 Å². The van der Waals surface area contributed by atoms with Crippen LogP contribution in [-0.4, -0.2) is 29.9 Å². The standard InChI is InChI=1S/C26H25NO6/c1-3-31-25(30)16-6-8-17(9-7-16)27-24(29)23-15(2)21-19(32-23)10-11-20-22(21)18(28)14-26(33-20)12-4-5-13-26/h6-11H,3-5,12-14H2,1-2H3,(H,27,29). The van der Waals surface area contributed by atoms with Gasteiger partial charge in [0.05, 0.1) is 24.2 Å². The van der Waals surface area contributed by atoms with E-state index in [1.807, 2.05) is 0 Å². The fraction of sp³-hybridized carbons (Fsp3) is 0.346. The summed E-state index contributed by atoms with van der Waals surface area (Å²) in [7, 11) is 0. The summed E-state index contributed by atoms with van der Waals surface area (Å²) in [4.78, 5) is 37.9. The first-order valence-corrected chi connectivity index (χ1v) is 11.3. The van der Waals surface area contributed by atoms with Crippen LogP contribution in [0.4, 0.5) is 5.69 Å². The summed E-state index contributed by atoms with van der Waals surface area (Å²) in [5.41, 5.74) is 2.11. The number of ether oxygens (including phenoxy) is 2. The first-order valence-electron chi connectivity index (χ1n) is 11.3. The molecule has 2 aliphatic rings. The van der Waals surface area contributed by atoms with Gasteiger partial charge in [-0.3, -0.25) is 9.59 Å². The highest BCUT2D eigenvalue weighted by molar-refractivity contribution is 6.15. The second-order valence-corrected chi connectivity index (χ2v) is 8.71. The van der Waals surface area contributed by atoms with Gasteiger partial charge in [0.1, 0.15) is 16.9 Å². The summed E-state index contributed by atoms with van der Waals surface area (Å²) in [6.07, 6.45) is 4.28. The second-order valence-electron chi connectivity index (χ2n) is 8.71. The fourth-order valence-corrected chi connectivity index (χ4v) is 4.94. The Labute approximate surface area is 191 Å². The van der Waals surface area contributed by atoms with Gasteiger partial charge in [0.15, 0.2) is 11.5 Å².